The van der Waals surface area contributed by atoms with E-state index in [2.05, 4.69) is 47.2 Å². The molecule has 114 valence electrons. The van der Waals surface area contributed by atoms with Gasteiger partial charge < -0.3 is 14.8 Å². The maximum Gasteiger partial charge on any atom is 0.133 e. The number of benzene rings is 1. The molecule has 1 aromatic carbocycles. The van der Waals surface area contributed by atoms with Crippen molar-refractivity contribution in [2.75, 3.05) is 20.3 Å². The van der Waals surface area contributed by atoms with Crippen molar-refractivity contribution >= 4 is 15.9 Å². The van der Waals surface area contributed by atoms with E-state index in [9.17, 15) is 0 Å². The molecule has 0 radical (unpaired) electrons. The molecule has 2 atom stereocenters. The maximum absolute atomic E-state index is 5.75. The Bertz CT molecular complexity index is 398. The van der Waals surface area contributed by atoms with Crippen LogP contribution in [-0.2, 0) is 11.2 Å². The first-order valence-electron chi connectivity index (χ1n) is 7.29. The van der Waals surface area contributed by atoms with E-state index in [1.54, 1.807) is 7.11 Å². The van der Waals surface area contributed by atoms with Gasteiger partial charge in [0.05, 0.1) is 17.7 Å². The van der Waals surface area contributed by atoms with Crippen LogP contribution in [0.25, 0.3) is 0 Å². The molecule has 0 aliphatic heterocycles. The number of methoxy groups -OCH3 is 1. The van der Waals surface area contributed by atoms with Gasteiger partial charge in [0.25, 0.3) is 0 Å². The predicted octanol–water partition coefficient (Wildman–Crippen LogP) is 3.79. The first-order valence-corrected chi connectivity index (χ1v) is 8.09. The Morgan fingerprint density at radius 3 is 2.60 bits per heavy atom. The van der Waals surface area contributed by atoms with Gasteiger partial charge in [-0.3, -0.25) is 0 Å². The molecule has 3 nitrogen and oxygen atoms in total. The third kappa shape index (κ3) is 5.43. The van der Waals surface area contributed by atoms with Crippen molar-refractivity contribution < 1.29 is 9.47 Å². The van der Waals surface area contributed by atoms with Crippen molar-refractivity contribution in [3.63, 3.8) is 0 Å². The van der Waals surface area contributed by atoms with Crippen molar-refractivity contribution in [1.29, 1.82) is 0 Å². The largest absolute Gasteiger partial charge is 0.496 e. The molecule has 0 fully saturated rings. The minimum Gasteiger partial charge on any atom is -0.496 e. The lowest BCUT2D eigenvalue weighted by Crippen LogP contribution is -2.42. The zero-order valence-electron chi connectivity index (χ0n) is 12.9. The number of rotatable bonds is 9. The fraction of sp³-hybridized carbons (Fsp3) is 0.625. The molecule has 2 unspecified atom stereocenters. The van der Waals surface area contributed by atoms with Crippen LogP contribution in [0.1, 0.15) is 32.8 Å². The molecule has 0 heterocycles. The molecular formula is C16H26BrNO2. The molecule has 0 spiro atoms. The molecule has 1 aromatic rings. The van der Waals surface area contributed by atoms with Gasteiger partial charge in [0.15, 0.2) is 0 Å². The molecule has 4 heteroatoms. The molecule has 0 aromatic heterocycles. The summed E-state index contributed by atoms with van der Waals surface area (Å²) in [5.74, 6) is 0.865. The number of nitrogens with one attached hydrogen (secondary N) is 1. The van der Waals surface area contributed by atoms with E-state index in [0.717, 1.165) is 36.2 Å². The molecule has 0 aliphatic carbocycles. The van der Waals surface area contributed by atoms with Crippen LogP contribution < -0.4 is 10.1 Å². The van der Waals surface area contributed by atoms with Crippen LogP contribution in [0.2, 0.25) is 0 Å². The third-order valence-electron chi connectivity index (χ3n) is 3.32. The summed E-state index contributed by atoms with van der Waals surface area (Å²) in [7, 11) is 1.68. The van der Waals surface area contributed by atoms with Gasteiger partial charge in [0.1, 0.15) is 5.75 Å². The summed E-state index contributed by atoms with van der Waals surface area (Å²) in [6.45, 7) is 8.11. The highest BCUT2D eigenvalue weighted by Crippen LogP contribution is 2.26. The van der Waals surface area contributed by atoms with Crippen LogP contribution in [-0.4, -0.2) is 32.4 Å². The summed E-state index contributed by atoms with van der Waals surface area (Å²) >= 11 is 3.54. The highest BCUT2D eigenvalue weighted by Gasteiger charge is 2.17. The van der Waals surface area contributed by atoms with Gasteiger partial charge in [0.2, 0.25) is 0 Å². The normalized spacial score (nSPS) is 14.1. The lowest BCUT2D eigenvalue weighted by atomic mass is 10.0. The Morgan fingerprint density at radius 1 is 1.30 bits per heavy atom. The van der Waals surface area contributed by atoms with E-state index < -0.39 is 0 Å². The van der Waals surface area contributed by atoms with E-state index in [0.29, 0.717) is 6.04 Å². The van der Waals surface area contributed by atoms with Gasteiger partial charge in [-0.2, -0.15) is 0 Å². The number of hydrogen-bond donors (Lipinski definition) is 1. The average Bonchev–Trinajstić information content (AvgIpc) is 2.43. The van der Waals surface area contributed by atoms with Crippen molar-refractivity contribution in [3.05, 3.63) is 28.2 Å². The van der Waals surface area contributed by atoms with Crippen molar-refractivity contribution in [2.24, 2.45) is 0 Å². The quantitative estimate of drug-likeness (QED) is 0.739. The molecule has 0 aliphatic rings. The lowest BCUT2D eigenvalue weighted by Gasteiger charge is -2.25. The summed E-state index contributed by atoms with van der Waals surface area (Å²) < 4.78 is 12.0. The first kappa shape index (κ1) is 17.5. The fourth-order valence-electron chi connectivity index (χ4n) is 2.20. The lowest BCUT2D eigenvalue weighted by molar-refractivity contribution is 0.0476. The Morgan fingerprint density at radius 2 is 2.05 bits per heavy atom. The molecule has 0 saturated carbocycles. The molecule has 0 saturated heterocycles. The van der Waals surface area contributed by atoms with Crippen LogP contribution in [0.4, 0.5) is 0 Å². The van der Waals surface area contributed by atoms with Crippen molar-refractivity contribution in [1.82, 2.24) is 5.32 Å². The predicted molar refractivity (Wildman–Crippen MR) is 87.6 cm³/mol. The van der Waals surface area contributed by atoms with Crippen molar-refractivity contribution in [3.8, 4) is 5.75 Å². The summed E-state index contributed by atoms with van der Waals surface area (Å²) in [6.07, 6.45) is 2.28. The Hall–Kier alpha value is -0.580. The summed E-state index contributed by atoms with van der Waals surface area (Å²) in [6, 6.07) is 6.57. The SMILES string of the molecule is CCCNC(Cc1ccc(OC)c(Br)c1)C(C)OCC. The van der Waals surface area contributed by atoms with E-state index >= 15 is 0 Å². The van der Waals surface area contributed by atoms with E-state index in [4.69, 9.17) is 9.47 Å². The molecule has 20 heavy (non-hydrogen) atoms. The van der Waals surface area contributed by atoms with Crippen LogP contribution in [0.3, 0.4) is 0 Å². The highest BCUT2D eigenvalue weighted by atomic mass is 79.9. The van der Waals surface area contributed by atoms with Gasteiger partial charge >= 0.3 is 0 Å². The van der Waals surface area contributed by atoms with E-state index in [-0.39, 0.29) is 6.10 Å². The zero-order valence-corrected chi connectivity index (χ0v) is 14.5. The smallest absolute Gasteiger partial charge is 0.133 e. The Kier molecular flexibility index (Phi) is 8.19. The standard InChI is InChI=1S/C16H26BrNO2/c1-5-9-18-15(12(3)20-6-2)11-13-7-8-16(19-4)14(17)10-13/h7-8,10,12,15,18H,5-6,9,11H2,1-4H3. The number of hydrogen-bond acceptors (Lipinski definition) is 3. The molecule has 0 amide bonds. The second-order valence-electron chi connectivity index (χ2n) is 4.89. The minimum atomic E-state index is 0.201. The van der Waals surface area contributed by atoms with Gasteiger partial charge in [-0.1, -0.05) is 13.0 Å². The molecule has 1 N–H and O–H groups in total. The van der Waals surface area contributed by atoms with Crippen molar-refractivity contribution in [2.45, 2.75) is 45.8 Å². The van der Waals surface area contributed by atoms with Gasteiger partial charge in [-0.25, -0.2) is 0 Å². The molecule has 1 rings (SSSR count). The summed E-state index contributed by atoms with van der Waals surface area (Å²) in [5, 5.41) is 3.58. The summed E-state index contributed by atoms with van der Waals surface area (Å²) in [4.78, 5) is 0. The molecule has 0 bridgehead atoms. The second kappa shape index (κ2) is 9.37. The topological polar surface area (TPSA) is 30.5 Å². The van der Waals surface area contributed by atoms with Gasteiger partial charge in [-0.15, -0.1) is 0 Å². The minimum absolute atomic E-state index is 0.201. The third-order valence-corrected chi connectivity index (χ3v) is 3.94. The first-order chi connectivity index (χ1) is 9.62. The monoisotopic (exact) mass is 343 g/mol. The molecular weight excluding hydrogens is 318 g/mol. The fourth-order valence-corrected chi connectivity index (χ4v) is 2.79. The van der Waals surface area contributed by atoms with Gasteiger partial charge in [-0.05, 0) is 66.9 Å². The second-order valence-corrected chi connectivity index (χ2v) is 5.75. The number of ether oxygens (including phenoxy) is 2. The van der Waals surface area contributed by atoms with E-state index in [1.807, 2.05) is 13.0 Å². The van der Waals surface area contributed by atoms with Crippen LogP contribution in [0.15, 0.2) is 22.7 Å². The number of halogens is 1. The van der Waals surface area contributed by atoms with Crippen LogP contribution >= 0.6 is 15.9 Å². The zero-order chi connectivity index (χ0) is 15.0. The van der Waals surface area contributed by atoms with Gasteiger partial charge in [0, 0.05) is 12.6 Å². The summed E-state index contributed by atoms with van der Waals surface area (Å²) in [5.41, 5.74) is 1.28. The van der Waals surface area contributed by atoms with E-state index in [1.165, 1.54) is 5.56 Å². The Labute approximate surface area is 131 Å². The van der Waals surface area contributed by atoms with Crippen LogP contribution in [0, 0.1) is 0 Å². The Balaban J connectivity index is 2.74. The highest BCUT2D eigenvalue weighted by molar-refractivity contribution is 9.10. The average molecular weight is 344 g/mol. The maximum atomic E-state index is 5.75. The van der Waals surface area contributed by atoms with Crippen LogP contribution in [0.5, 0.6) is 5.75 Å².